The quantitative estimate of drug-likeness (QED) is 0.707. The Morgan fingerprint density at radius 2 is 2.17 bits per heavy atom. The third-order valence-corrected chi connectivity index (χ3v) is 2.45. The van der Waals surface area contributed by atoms with E-state index >= 15 is 0 Å². The van der Waals surface area contributed by atoms with E-state index in [0.717, 1.165) is 0 Å². The summed E-state index contributed by atoms with van der Waals surface area (Å²) < 4.78 is 1.40. The average Bonchev–Trinajstić information content (AvgIpc) is 2.62. The lowest BCUT2D eigenvalue weighted by Gasteiger charge is -2.20. The second-order valence-electron chi connectivity index (χ2n) is 4.25. The fourth-order valence-electron chi connectivity index (χ4n) is 1.36. The minimum atomic E-state index is -0.951. The SMILES string of the molecule is CC(C)C(CC(=O)O)NC(=O)Nc1ncnn1C. The van der Waals surface area contributed by atoms with Crippen molar-refractivity contribution >= 4 is 17.9 Å². The molecule has 0 aliphatic heterocycles. The highest BCUT2D eigenvalue weighted by Gasteiger charge is 2.19. The van der Waals surface area contributed by atoms with Gasteiger partial charge in [-0.05, 0) is 5.92 Å². The number of nitrogens with one attached hydrogen (secondary N) is 2. The van der Waals surface area contributed by atoms with Gasteiger partial charge in [0.1, 0.15) is 6.33 Å². The standard InChI is InChI=1S/C10H17N5O3/c1-6(2)7(4-8(16)17)13-10(18)14-9-11-5-12-15(9)3/h5-7H,4H2,1-3H3,(H,16,17)(H2,11,12,13,14,18). The molecule has 0 spiro atoms. The lowest BCUT2D eigenvalue weighted by molar-refractivity contribution is -0.137. The fourth-order valence-corrected chi connectivity index (χ4v) is 1.36. The molecule has 3 N–H and O–H groups in total. The van der Waals surface area contributed by atoms with E-state index in [4.69, 9.17) is 5.11 Å². The summed E-state index contributed by atoms with van der Waals surface area (Å²) in [5.74, 6) is -0.635. The normalized spacial score (nSPS) is 12.2. The number of carbonyl (C=O) groups is 2. The number of urea groups is 1. The molecule has 1 aromatic heterocycles. The minimum Gasteiger partial charge on any atom is -0.481 e. The van der Waals surface area contributed by atoms with Gasteiger partial charge in [-0.3, -0.25) is 10.1 Å². The number of aryl methyl sites for hydroxylation is 1. The largest absolute Gasteiger partial charge is 0.481 e. The van der Waals surface area contributed by atoms with E-state index < -0.39 is 18.0 Å². The zero-order valence-corrected chi connectivity index (χ0v) is 10.5. The molecular weight excluding hydrogens is 238 g/mol. The van der Waals surface area contributed by atoms with Crippen LogP contribution in [0.25, 0.3) is 0 Å². The van der Waals surface area contributed by atoms with Crippen molar-refractivity contribution in [2.24, 2.45) is 13.0 Å². The maximum Gasteiger partial charge on any atom is 0.321 e. The molecule has 0 radical (unpaired) electrons. The minimum absolute atomic E-state index is 0.0198. The molecule has 8 heteroatoms. The van der Waals surface area contributed by atoms with Crippen molar-refractivity contribution in [2.75, 3.05) is 5.32 Å². The topological polar surface area (TPSA) is 109 Å². The van der Waals surface area contributed by atoms with Crippen LogP contribution in [0.5, 0.6) is 0 Å². The fraction of sp³-hybridized carbons (Fsp3) is 0.600. The summed E-state index contributed by atoms with van der Waals surface area (Å²) in [7, 11) is 1.64. The van der Waals surface area contributed by atoms with Gasteiger partial charge in [0.25, 0.3) is 0 Å². The summed E-state index contributed by atoms with van der Waals surface area (Å²) in [6.45, 7) is 3.69. The first-order valence-corrected chi connectivity index (χ1v) is 5.53. The Bertz CT molecular complexity index is 429. The van der Waals surface area contributed by atoms with E-state index in [-0.39, 0.29) is 12.3 Å². The van der Waals surface area contributed by atoms with Gasteiger partial charge in [-0.15, -0.1) is 0 Å². The second kappa shape index (κ2) is 5.99. The van der Waals surface area contributed by atoms with Crippen molar-refractivity contribution in [3.63, 3.8) is 0 Å². The van der Waals surface area contributed by atoms with Crippen LogP contribution in [-0.4, -0.2) is 37.9 Å². The Morgan fingerprint density at radius 3 is 2.61 bits per heavy atom. The van der Waals surface area contributed by atoms with Crippen LogP contribution in [0, 0.1) is 5.92 Å². The molecule has 0 fully saturated rings. The Morgan fingerprint density at radius 1 is 1.50 bits per heavy atom. The maximum absolute atomic E-state index is 11.7. The number of hydrogen-bond donors (Lipinski definition) is 3. The van der Waals surface area contributed by atoms with E-state index in [1.807, 2.05) is 13.8 Å². The third kappa shape index (κ3) is 4.04. The van der Waals surface area contributed by atoms with Crippen LogP contribution in [-0.2, 0) is 11.8 Å². The summed E-state index contributed by atoms with van der Waals surface area (Å²) in [6.07, 6.45) is 1.19. The molecule has 100 valence electrons. The monoisotopic (exact) mass is 255 g/mol. The van der Waals surface area contributed by atoms with E-state index in [1.165, 1.54) is 11.0 Å². The number of aliphatic carboxylic acids is 1. The average molecular weight is 255 g/mol. The molecule has 0 saturated heterocycles. The number of amides is 2. The highest BCUT2D eigenvalue weighted by Crippen LogP contribution is 2.07. The predicted molar refractivity (Wildman–Crippen MR) is 64.0 cm³/mol. The first-order chi connectivity index (χ1) is 8.40. The van der Waals surface area contributed by atoms with Crippen molar-refractivity contribution in [2.45, 2.75) is 26.3 Å². The van der Waals surface area contributed by atoms with Crippen LogP contribution in [0.15, 0.2) is 6.33 Å². The number of rotatable bonds is 5. The van der Waals surface area contributed by atoms with Gasteiger partial charge in [-0.1, -0.05) is 13.8 Å². The molecule has 0 aliphatic rings. The Labute approximate surface area is 104 Å². The summed E-state index contributed by atoms with van der Waals surface area (Å²) in [6, 6.07) is -0.929. The first-order valence-electron chi connectivity index (χ1n) is 5.53. The smallest absolute Gasteiger partial charge is 0.321 e. The van der Waals surface area contributed by atoms with Gasteiger partial charge in [0.05, 0.1) is 6.42 Å². The molecular formula is C10H17N5O3. The first kappa shape index (κ1) is 13.9. The van der Waals surface area contributed by atoms with E-state index in [9.17, 15) is 9.59 Å². The van der Waals surface area contributed by atoms with Crippen molar-refractivity contribution in [1.29, 1.82) is 0 Å². The van der Waals surface area contributed by atoms with Crippen LogP contribution in [0.4, 0.5) is 10.7 Å². The molecule has 0 aromatic carbocycles. The molecule has 18 heavy (non-hydrogen) atoms. The van der Waals surface area contributed by atoms with Crippen molar-refractivity contribution in [3.8, 4) is 0 Å². The molecule has 1 atom stereocenters. The molecule has 1 unspecified atom stereocenters. The molecule has 0 bridgehead atoms. The highest BCUT2D eigenvalue weighted by molar-refractivity contribution is 5.87. The van der Waals surface area contributed by atoms with Gasteiger partial charge in [-0.2, -0.15) is 10.1 Å². The van der Waals surface area contributed by atoms with Gasteiger partial charge in [0, 0.05) is 13.1 Å². The zero-order valence-electron chi connectivity index (χ0n) is 10.5. The molecule has 0 saturated carbocycles. The molecule has 1 aromatic rings. The van der Waals surface area contributed by atoms with Gasteiger partial charge in [0.15, 0.2) is 0 Å². The van der Waals surface area contributed by atoms with Crippen LogP contribution in [0.2, 0.25) is 0 Å². The van der Waals surface area contributed by atoms with Crippen molar-refractivity contribution < 1.29 is 14.7 Å². The number of nitrogens with zero attached hydrogens (tertiary/aromatic N) is 3. The van der Waals surface area contributed by atoms with E-state index in [2.05, 4.69) is 20.7 Å². The van der Waals surface area contributed by atoms with Gasteiger partial charge in [0.2, 0.25) is 5.95 Å². The van der Waals surface area contributed by atoms with E-state index in [1.54, 1.807) is 7.05 Å². The van der Waals surface area contributed by atoms with Crippen LogP contribution >= 0.6 is 0 Å². The number of anilines is 1. The number of hydrogen-bond acceptors (Lipinski definition) is 4. The van der Waals surface area contributed by atoms with Crippen LogP contribution in [0.3, 0.4) is 0 Å². The van der Waals surface area contributed by atoms with Crippen molar-refractivity contribution in [3.05, 3.63) is 6.33 Å². The maximum atomic E-state index is 11.7. The van der Waals surface area contributed by atoms with Gasteiger partial charge in [-0.25, -0.2) is 9.48 Å². The molecule has 0 aliphatic carbocycles. The second-order valence-corrected chi connectivity index (χ2v) is 4.25. The summed E-state index contributed by atoms with van der Waals surface area (Å²) in [5, 5.41) is 17.6. The molecule has 1 heterocycles. The lowest BCUT2D eigenvalue weighted by Crippen LogP contribution is -2.42. The lowest BCUT2D eigenvalue weighted by atomic mass is 10.0. The number of carboxylic acid groups (broad SMARTS) is 1. The van der Waals surface area contributed by atoms with Gasteiger partial charge < -0.3 is 10.4 Å². The molecule has 8 nitrogen and oxygen atoms in total. The van der Waals surface area contributed by atoms with Crippen LogP contribution in [0.1, 0.15) is 20.3 Å². The summed E-state index contributed by atoms with van der Waals surface area (Å²) in [5.41, 5.74) is 0. The zero-order chi connectivity index (χ0) is 13.7. The van der Waals surface area contributed by atoms with Crippen LogP contribution < -0.4 is 10.6 Å². The highest BCUT2D eigenvalue weighted by atomic mass is 16.4. The number of aromatic nitrogens is 3. The third-order valence-electron chi connectivity index (χ3n) is 2.45. The Hall–Kier alpha value is -2.12. The van der Waals surface area contributed by atoms with E-state index in [0.29, 0.717) is 5.95 Å². The summed E-state index contributed by atoms with van der Waals surface area (Å²) in [4.78, 5) is 26.2. The Kier molecular flexibility index (Phi) is 4.64. The predicted octanol–water partition coefficient (Wildman–Crippen LogP) is 0.436. The summed E-state index contributed by atoms with van der Waals surface area (Å²) >= 11 is 0. The molecule has 1 rings (SSSR count). The van der Waals surface area contributed by atoms with Crippen molar-refractivity contribution in [1.82, 2.24) is 20.1 Å². The number of carboxylic acids is 1. The Balaban J connectivity index is 2.56. The molecule has 2 amide bonds. The number of carbonyl (C=O) groups excluding carboxylic acids is 1. The van der Waals surface area contributed by atoms with Gasteiger partial charge >= 0.3 is 12.0 Å².